The van der Waals surface area contributed by atoms with Gasteiger partial charge in [0.05, 0.1) is 23.1 Å². The fourth-order valence-corrected chi connectivity index (χ4v) is 2.78. The van der Waals surface area contributed by atoms with Gasteiger partial charge in [-0.1, -0.05) is 29.5 Å². The van der Waals surface area contributed by atoms with Crippen LogP contribution in [0.3, 0.4) is 0 Å². The van der Waals surface area contributed by atoms with Gasteiger partial charge in [-0.05, 0) is 36.8 Å². The Hall–Kier alpha value is -3.61. The molecular weight excluding hydrogens is 330 g/mol. The summed E-state index contributed by atoms with van der Waals surface area (Å²) < 4.78 is 6.34. The lowest BCUT2D eigenvalue weighted by atomic mass is 10.0. The molecule has 0 aliphatic heterocycles. The van der Waals surface area contributed by atoms with Crippen LogP contribution in [0.4, 0.5) is 0 Å². The molecule has 0 N–H and O–H groups in total. The average Bonchev–Trinajstić information content (AvgIpc) is 3.15. The highest BCUT2D eigenvalue weighted by molar-refractivity contribution is 5.84. The van der Waals surface area contributed by atoms with E-state index in [0.717, 1.165) is 33.4 Å². The lowest BCUT2D eigenvalue weighted by Crippen LogP contribution is -1.96. The van der Waals surface area contributed by atoms with E-state index in [4.69, 9.17) is 4.74 Å². The monoisotopic (exact) mass is 345 g/mol. The average molecular weight is 345 g/mol. The molecule has 0 saturated heterocycles. The van der Waals surface area contributed by atoms with E-state index in [1.165, 1.54) is 0 Å². The minimum atomic E-state index is 0.0972. The zero-order valence-electron chi connectivity index (χ0n) is 14.0. The summed E-state index contributed by atoms with van der Waals surface area (Å²) in [5.74, 6) is 0. The number of nitrogens with zero attached hydrogens (tertiary/aromatic N) is 5. The molecule has 0 saturated carbocycles. The highest BCUT2D eigenvalue weighted by atomic mass is 16.5. The number of hydrogen-bond acceptors (Lipinski definition) is 6. The predicted molar refractivity (Wildman–Crippen MR) is 95.5 cm³/mol. The van der Waals surface area contributed by atoms with Crippen molar-refractivity contribution in [2.45, 2.75) is 13.5 Å². The summed E-state index contributed by atoms with van der Waals surface area (Å²) in [5, 5.41) is 17.7. The second-order valence-electron chi connectivity index (χ2n) is 5.85. The smallest absolute Gasteiger partial charge is 0.293 e. The Bertz CT molecular complexity index is 1090. The van der Waals surface area contributed by atoms with Crippen molar-refractivity contribution in [3.63, 3.8) is 0 Å². The Balaban J connectivity index is 1.73. The summed E-state index contributed by atoms with van der Waals surface area (Å²) in [6, 6.07) is 15.9. The molecule has 2 aromatic carbocycles. The van der Waals surface area contributed by atoms with Gasteiger partial charge in [0.25, 0.3) is 6.47 Å². The van der Waals surface area contributed by atoms with Gasteiger partial charge in [-0.3, -0.25) is 4.79 Å². The van der Waals surface area contributed by atoms with E-state index in [1.54, 1.807) is 10.9 Å². The molecule has 0 unspecified atom stereocenters. The van der Waals surface area contributed by atoms with Crippen LogP contribution in [-0.4, -0.2) is 31.7 Å². The van der Waals surface area contributed by atoms with Crippen LogP contribution in [-0.2, 0) is 16.1 Å². The van der Waals surface area contributed by atoms with Gasteiger partial charge in [0.15, 0.2) is 0 Å². The van der Waals surface area contributed by atoms with E-state index in [0.29, 0.717) is 12.2 Å². The Morgan fingerprint density at radius 1 is 1.08 bits per heavy atom. The lowest BCUT2D eigenvalue weighted by molar-refractivity contribution is -0.129. The van der Waals surface area contributed by atoms with E-state index in [1.807, 2.05) is 42.5 Å². The maximum atomic E-state index is 10.3. The maximum Gasteiger partial charge on any atom is 0.293 e. The second kappa shape index (κ2) is 6.72. The first kappa shape index (κ1) is 15.9. The largest absolute Gasteiger partial charge is 0.461 e. The summed E-state index contributed by atoms with van der Waals surface area (Å²) in [6.07, 6.45) is 1.72. The number of carbonyl (C=O) groups is 1. The summed E-state index contributed by atoms with van der Waals surface area (Å²) in [4.78, 5) is 10.3. The van der Waals surface area contributed by atoms with Crippen LogP contribution in [0.2, 0.25) is 0 Å². The number of aryl methyl sites for hydroxylation is 1. The Kier molecular flexibility index (Phi) is 4.10. The third-order valence-electron chi connectivity index (χ3n) is 4.09. The van der Waals surface area contributed by atoms with Gasteiger partial charge in [-0.15, -0.1) is 15.3 Å². The number of carbonyl (C=O) groups excluding carboxylic acids is 1. The summed E-state index contributed by atoms with van der Waals surface area (Å²) >= 11 is 0. The van der Waals surface area contributed by atoms with Crippen LogP contribution in [0.5, 0.6) is 0 Å². The van der Waals surface area contributed by atoms with Gasteiger partial charge in [0, 0.05) is 10.9 Å². The van der Waals surface area contributed by atoms with E-state index < -0.39 is 0 Å². The molecule has 0 spiro atoms. The van der Waals surface area contributed by atoms with Crippen molar-refractivity contribution in [2.75, 3.05) is 0 Å². The number of rotatable bonds is 5. The molecule has 0 aliphatic rings. The van der Waals surface area contributed by atoms with Crippen LogP contribution in [0.25, 0.3) is 27.8 Å². The fraction of sp³-hybridized carbons (Fsp3) is 0.105. The van der Waals surface area contributed by atoms with Crippen LogP contribution < -0.4 is 0 Å². The molecule has 0 aliphatic carbocycles. The standard InChI is InChI=1S/C19H15N5O2/c1-13-4-2-3-5-17(13)19-9-14-8-16(6-7-18(14)21-22-19)24-10-15(20-23-24)11-26-12-25/h2-10,12H,11H2,1H3. The highest BCUT2D eigenvalue weighted by Gasteiger charge is 2.08. The third-order valence-corrected chi connectivity index (χ3v) is 4.09. The van der Waals surface area contributed by atoms with Crippen molar-refractivity contribution in [1.29, 1.82) is 0 Å². The molecule has 4 rings (SSSR count). The SMILES string of the molecule is Cc1ccccc1-c1cc2cc(-n3cc(COC=O)nn3)ccc2nn1. The molecule has 0 amide bonds. The number of hydrogen-bond donors (Lipinski definition) is 0. The molecule has 0 fully saturated rings. The molecule has 26 heavy (non-hydrogen) atoms. The van der Waals surface area contributed by atoms with Crippen LogP contribution in [0.15, 0.2) is 54.7 Å². The fourth-order valence-electron chi connectivity index (χ4n) is 2.78. The minimum Gasteiger partial charge on any atom is -0.461 e. The van der Waals surface area contributed by atoms with Crippen LogP contribution in [0.1, 0.15) is 11.3 Å². The van der Waals surface area contributed by atoms with Crippen LogP contribution in [0, 0.1) is 6.92 Å². The number of ether oxygens (including phenoxy) is 1. The molecule has 0 bridgehead atoms. The third kappa shape index (κ3) is 3.02. The molecular formula is C19H15N5O2. The molecule has 2 aromatic heterocycles. The second-order valence-corrected chi connectivity index (χ2v) is 5.85. The van der Waals surface area contributed by atoms with Gasteiger partial charge in [-0.25, -0.2) is 4.68 Å². The topological polar surface area (TPSA) is 82.8 Å². The predicted octanol–water partition coefficient (Wildman–Crippen LogP) is 2.86. The van der Waals surface area contributed by atoms with Crippen molar-refractivity contribution in [1.82, 2.24) is 25.2 Å². The number of fused-ring (bicyclic) bond motifs is 1. The molecule has 0 radical (unpaired) electrons. The van der Waals surface area contributed by atoms with Gasteiger partial charge >= 0.3 is 0 Å². The number of aromatic nitrogens is 5. The zero-order valence-corrected chi connectivity index (χ0v) is 14.0. The number of benzene rings is 2. The van der Waals surface area contributed by atoms with Gasteiger partial charge in [0.2, 0.25) is 0 Å². The summed E-state index contributed by atoms with van der Waals surface area (Å²) in [7, 11) is 0. The Labute approximate surface area is 149 Å². The van der Waals surface area contributed by atoms with E-state index in [2.05, 4.69) is 33.5 Å². The van der Waals surface area contributed by atoms with E-state index in [-0.39, 0.29) is 6.61 Å². The normalized spacial score (nSPS) is 10.8. The van der Waals surface area contributed by atoms with Crippen molar-refractivity contribution in [2.24, 2.45) is 0 Å². The van der Waals surface area contributed by atoms with Crippen molar-refractivity contribution >= 4 is 17.4 Å². The summed E-state index contributed by atoms with van der Waals surface area (Å²) in [5.41, 5.74) is 5.24. The maximum absolute atomic E-state index is 10.3. The Morgan fingerprint density at radius 3 is 2.81 bits per heavy atom. The van der Waals surface area contributed by atoms with Crippen LogP contribution >= 0.6 is 0 Å². The van der Waals surface area contributed by atoms with Crippen molar-refractivity contribution in [3.05, 3.63) is 66.0 Å². The first-order valence-corrected chi connectivity index (χ1v) is 8.05. The van der Waals surface area contributed by atoms with E-state index in [9.17, 15) is 4.79 Å². The molecule has 4 aromatic rings. The van der Waals surface area contributed by atoms with Gasteiger partial charge in [0.1, 0.15) is 12.3 Å². The first-order valence-electron chi connectivity index (χ1n) is 8.05. The van der Waals surface area contributed by atoms with E-state index >= 15 is 0 Å². The van der Waals surface area contributed by atoms with Crippen molar-refractivity contribution in [3.8, 4) is 16.9 Å². The van der Waals surface area contributed by atoms with Gasteiger partial charge < -0.3 is 4.74 Å². The summed E-state index contributed by atoms with van der Waals surface area (Å²) in [6.45, 7) is 2.54. The minimum absolute atomic E-state index is 0.0972. The Morgan fingerprint density at radius 2 is 1.96 bits per heavy atom. The molecule has 128 valence electrons. The first-order chi connectivity index (χ1) is 12.7. The molecule has 7 nitrogen and oxygen atoms in total. The lowest BCUT2D eigenvalue weighted by Gasteiger charge is -2.06. The quantitative estimate of drug-likeness (QED) is 0.517. The molecule has 2 heterocycles. The van der Waals surface area contributed by atoms with Crippen molar-refractivity contribution < 1.29 is 9.53 Å². The van der Waals surface area contributed by atoms with Gasteiger partial charge in [-0.2, -0.15) is 0 Å². The zero-order chi connectivity index (χ0) is 17.9. The molecule has 0 atom stereocenters. The molecule has 7 heteroatoms. The highest BCUT2D eigenvalue weighted by Crippen LogP contribution is 2.24.